The lowest BCUT2D eigenvalue weighted by Crippen LogP contribution is -2.49. The van der Waals surface area contributed by atoms with Crippen LogP contribution >= 0.6 is 0 Å². The van der Waals surface area contributed by atoms with E-state index < -0.39 is 16.1 Å². The number of hydrogen-bond donors (Lipinski definition) is 1. The Balaban J connectivity index is 2.13. The van der Waals surface area contributed by atoms with Crippen molar-refractivity contribution in [3.63, 3.8) is 0 Å². The largest absolute Gasteiger partial charge is 0.329 e. The Hall–Kier alpha value is -2.07. The molecular weight excluding hydrogens is 288 g/mol. The van der Waals surface area contributed by atoms with E-state index in [0.29, 0.717) is 5.69 Å². The summed E-state index contributed by atoms with van der Waals surface area (Å²) in [5.41, 5.74) is 0.310. The molecule has 2 heterocycles. The molecular formula is C10H12N4O5S. The highest BCUT2D eigenvalue weighted by molar-refractivity contribution is 7.85. The number of rotatable bonds is 4. The summed E-state index contributed by atoms with van der Waals surface area (Å²) in [5, 5.41) is 2.16. The van der Waals surface area contributed by atoms with Crippen LogP contribution in [0.3, 0.4) is 0 Å². The zero-order chi connectivity index (χ0) is 14.8. The minimum atomic E-state index is -3.58. The lowest BCUT2D eigenvalue weighted by molar-refractivity contribution is -0.120. The van der Waals surface area contributed by atoms with Crippen molar-refractivity contribution in [2.45, 2.75) is 13.0 Å². The van der Waals surface area contributed by atoms with Crippen molar-refractivity contribution in [2.24, 2.45) is 0 Å². The summed E-state index contributed by atoms with van der Waals surface area (Å²) >= 11 is 0. The highest BCUT2D eigenvalue weighted by Gasteiger charge is 2.25. The van der Waals surface area contributed by atoms with E-state index >= 15 is 0 Å². The lowest BCUT2D eigenvalue weighted by Gasteiger charge is -2.25. The second-order valence-corrected chi connectivity index (χ2v) is 5.73. The van der Waals surface area contributed by atoms with Gasteiger partial charge in [0.15, 0.2) is 0 Å². The predicted octanol–water partition coefficient (Wildman–Crippen LogP) is -0.601. The van der Waals surface area contributed by atoms with Crippen LogP contribution in [0.1, 0.15) is 12.1 Å². The topological polar surface area (TPSA) is 119 Å². The average Bonchev–Trinajstić information content (AvgIpc) is 2.36. The molecule has 9 nitrogen and oxygen atoms in total. The van der Waals surface area contributed by atoms with Gasteiger partial charge in [-0.2, -0.15) is 8.42 Å². The van der Waals surface area contributed by atoms with Gasteiger partial charge >= 0.3 is 6.03 Å². The minimum Gasteiger partial charge on any atom is -0.278 e. The fourth-order valence-corrected chi connectivity index (χ4v) is 1.90. The Morgan fingerprint density at radius 2 is 2.15 bits per heavy atom. The van der Waals surface area contributed by atoms with Gasteiger partial charge in [-0.15, -0.1) is 0 Å². The molecule has 10 heteroatoms. The Bertz CT molecular complexity index is 645. The number of aromatic nitrogens is 2. The number of imide groups is 1. The molecule has 0 aliphatic carbocycles. The first-order valence-corrected chi connectivity index (χ1v) is 7.43. The van der Waals surface area contributed by atoms with Crippen molar-refractivity contribution in [1.29, 1.82) is 0 Å². The van der Waals surface area contributed by atoms with Crippen LogP contribution in [0.2, 0.25) is 0 Å². The van der Waals surface area contributed by atoms with Gasteiger partial charge in [0.1, 0.15) is 18.8 Å². The standard InChI is InChI=1S/C10H12N4O5S/c1-20(17,18)19-5-7-4-8(12-6-11-7)14-3-2-9(15)13-10(14)16/h4,6H,2-3,5H2,1H3,(H,13,15,16). The maximum absolute atomic E-state index is 11.6. The second-order valence-electron chi connectivity index (χ2n) is 4.09. The highest BCUT2D eigenvalue weighted by atomic mass is 32.2. The molecule has 0 saturated carbocycles. The summed E-state index contributed by atoms with van der Waals surface area (Å²) in [6, 6.07) is 0.857. The Labute approximate surface area is 115 Å². The highest BCUT2D eigenvalue weighted by Crippen LogP contribution is 2.15. The minimum absolute atomic E-state index is 0.172. The van der Waals surface area contributed by atoms with Gasteiger partial charge in [0, 0.05) is 19.0 Å². The van der Waals surface area contributed by atoms with Crippen molar-refractivity contribution in [2.75, 3.05) is 17.7 Å². The number of anilines is 1. The Morgan fingerprint density at radius 1 is 1.40 bits per heavy atom. The average molecular weight is 300 g/mol. The second kappa shape index (κ2) is 5.51. The molecule has 0 spiro atoms. The molecule has 1 aromatic heterocycles. The summed E-state index contributed by atoms with van der Waals surface area (Å²) in [5.74, 6) is -0.0713. The molecule has 1 aliphatic rings. The third-order valence-electron chi connectivity index (χ3n) is 2.46. The first-order chi connectivity index (χ1) is 9.35. The SMILES string of the molecule is CS(=O)(=O)OCc1cc(N2CCC(=O)NC2=O)ncn1. The van der Waals surface area contributed by atoms with Gasteiger partial charge in [0.2, 0.25) is 5.91 Å². The van der Waals surface area contributed by atoms with Gasteiger partial charge in [-0.25, -0.2) is 14.8 Å². The van der Waals surface area contributed by atoms with Crippen LogP contribution in [0.25, 0.3) is 0 Å². The van der Waals surface area contributed by atoms with E-state index in [1.807, 2.05) is 0 Å². The quantitative estimate of drug-likeness (QED) is 0.737. The summed E-state index contributed by atoms with van der Waals surface area (Å²) in [6.45, 7) is -0.0448. The molecule has 108 valence electrons. The van der Waals surface area contributed by atoms with Crippen molar-refractivity contribution >= 4 is 27.9 Å². The van der Waals surface area contributed by atoms with E-state index in [1.165, 1.54) is 17.3 Å². The number of nitrogens with one attached hydrogen (secondary N) is 1. The third kappa shape index (κ3) is 3.71. The fourth-order valence-electron chi connectivity index (χ4n) is 1.56. The van der Waals surface area contributed by atoms with Crippen molar-refractivity contribution in [1.82, 2.24) is 15.3 Å². The molecule has 1 saturated heterocycles. The molecule has 0 unspecified atom stereocenters. The lowest BCUT2D eigenvalue weighted by atomic mass is 10.3. The van der Waals surface area contributed by atoms with Crippen LogP contribution in [0.15, 0.2) is 12.4 Å². The van der Waals surface area contributed by atoms with Gasteiger partial charge in [-0.3, -0.25) is 19.2 Å². The molecule has 1 fully saturated rings. The third-order valence-corrected chi connectivity index (χ3v) is 3.01. The van der Waals surface area contributed by atoms with Crippen LogP contribution in [0.4, 0.5) is 10.6 Å². The van der Waals surface area contributed by atoms with Crippen LogP contribution in [-0.4, -0.2) is 43.1 Å². The Morgan fingerprint density at radius 3 is 2.80 bits per heavy atom. The number of urea groups is 1. The molecule has 0 bridgehead atoms. The maximum Gasteiger partial charge on any atom is 0.329 e. The van der Waals surface area contributed by atoms with Gasteiger partial charge in [-0.05, 0) is 0 Å². The van der Waals surface area contributed by atoms with Gasteiger partial charge in [0.05, 0.1) is 11.9 Å². The van der Waals surface area contributed by atoms with E-state index in [1.54, 1.807) is 0 Å². The zero-order valence-corrected chi connectivity index (χ0v) is 11.4. The zero-order valence-electron chi connectivity index (χ0n) is 10.6. The van der Waals surface area contributed by atoms with Crippen LogP contribution in [0, 0.1) is 0 Å². The number of hydrogen-bond acceptors (Lipinski definition) is 7. The van der Waals surface area contributed by atoms with Gasteiger partial charge in [0.25, 0.3) is 10.1 Å². The number of nitrogens with zero attached hydrogens (tertiary/aromatic N) is 3. The monoisotopic (exact) mass is 300 g/mol. The van der Waals surface area contributed by atoms with E-state index in [0.717, 1.165) is 6.26 Å². The molecule has 1 aromatic rings. The van der Waals surface area contributed by atoms with E-state index in [-0.39, 0.29) is 31.3 Å². The summed E-state index contributed by atoms with van der Waals surface area (Å²) in [4.78, 5) is 31.7. The van der Waals surface area contributed by atoms with Crippen molar-refractivity contribution in [3.8, 4) is 0 Å². The first kappa shape index (κ1) is 14.3. The van der Waals surface area contributed by atoms with Crippen molar-refractivity contribution < 1.29 is 22.2 Å². The maximum atomic E-state index is 11.6. The van der Waals surface area contributed by atoms with Gasteiger partial charge < -0.3 is 0 Å². The molecule has 0 radical (unpaired) electrons. The van der Waals surface area contributed by atoms with Crippen LogP contribution < -0.4 is 10.2 Å². The van der Waals surface area contributed by atoms with E-state index in [2.05, 4.69) is 19.5 Å². The molecule has 20 heavy (non-hydrogen) atoms. The normalized spacial score (nSPS) is 16.1. The summed E-state index contributed by atoms with van der Waals surface area (Å²) in [6.07, 6.45) is 2.30. The molecule has 0 aromatic carbocycles. The molecule has 2 rings (SSSR count). The molecule has 3 amide bonds. The predicted molar refractivity (Wildman–Crippen MR) is 67.2 cm³/mol. The summed E-state index contributed by atoms with van der Waals surface area (Å²) < 4.78 is 26.4. The molecule has 0 atom stereocenters. The van der Waals surface area contributed by atoms with E-state index in [4.69, 9.17) is 0 Å². The number of carbonyl (C=O) groups excluding carboxylic acids is 2. The van der Waals surface area contributed by atoms with Gasteiger partial charge in [-0.1, -0.05) is 0 Å². The number of amides is 3. The molecule has 1 aliphatic heterocycles. The van der Waals surface area contributed by atoms with E-state index in [9.17, 15) is 18.0 Å². The summed E-state index contributed by atoms with van der Waals surface area (Å²) in [7, 11) is -3.58. The van der Waals surface area contributed by atoms with Crippen molar-refractivity contribution in [3.05, 3.63) is 18.1 Å². The smallest absolute Gasteiger partial charge is 0.278 e. The van der Waals surface area contributed by atoms with Crippen LogP contribution in [0.5, 0.6) is 0 Å². The fraction of sp³-hybridized carbons (Fsp3) is 0.400. The first-order valence-electron chi connectivity index (χ1n) is 5.62. The Kier molecular flexibility index (Phi) is 3.95. The number of carbonyl (C=O) groups is 2. The molecule has 1 N–H and O–H groups in total. The van der Waals surface area contributed by atoms with Crippen LogP contribution in [-0.2, 0) is 25.7 Å².